The number of nitrogens with one attached hydrogen (secondary N) is 1. The number of hydrogen-bond donors (Lipinski definition) is 1. The Balaban J connectivity index is 3.81. The fraction of sp³-hybridized carbons (Fsp3) is 0.600. The molecule has 0 spiro atoms. The Morgan fingerprint density at radius 1 is 1.08 bits per heavy atom. The predicted octanol–water partition coefficient (Wildman–Crippen LogP) is 0.716. The lowest BCUT2D eigenvalue weighted by Crippen LogP contribution is -2.37. The number of alkyl halides is 1. The van der Waals surface area contributed by atoms with Crippen LogP contribution in [0.25, 0.3) is 0 Å². The summed E-state index contributed by atoms with van der Waals surface area (Å²) < 4.78 is 14.4. The van der Waals surface area contributed by atoms with Crippen LogP contribution in [-0.4, -0.2) is 55.1 Å². The van der Waals surface area contributed by atoms with E-state index in [1.54, 1.807) is 13.8 Å². The molecule has 0 aliphatic rings. The Kier molecular flexibility index (Phi) is 10.4. The minimum atomic E-state index is -0.817. The average Bonchev–Trinajstić information content (AvgIpc) is 2.54. The lowest BCUT2D eigenvalue weighted by Gasteiger charge is -2.22. The van der Waals surface area contributed by atoms with Crippen molar-refractivity contribution in [2.45, 2.75) is 32.3 Å². The van der Waals surface area contributed by atoms with E-state index in [4.69, 9.17) is 21.1 Å². The first-order chi connectivity index (χ1) is 11.2. The molecule has 0 aromatic rings. The molecular formula is C15H22ClNO7. The van der Waals surface area contributed by atoms with Gasteiger partial charge in [0.15, 0.2) is 0 Å². The minimum Gasteiger partial charge on any atom is -0.462 e. The highest BCUT2D eigenvalue weighted by Gasteiger charge is 2.21. The summed E-state index contributed by atoms with van der Waals surface area (Å²) in [7, 11) is 0. The minimum absolute atomic E-state index is 0.0923. The molecule has 0 atom stereocenters. The van der Waals surface area contributed by atoms with E-state index in [1.807, 2.05) is 0 Å². The van der Waals surface area contributed by atoms with Crippen molar-refractivity contribution in [3.63, 3.8) is 0 Å². The van der Waals surface area contributed by atoms with Gasteiger partial charge in [-0.25, -0.2) is 4.79 Å². The summed E-state index contributed by atoms with van der Waals surface area (Å²) in [5.74, 6) is -2.23. The molecular weight excluding hydrogens is 342 g/mol. The van der Waals surface area contributed by atoms with Crippen LogP contribution in [0.1, 0.15) is 26.7 Å². The molecule has 0 aliphatic heterocycles. The van der Waals surface area contributed by atoms with E-state index < -0.39 is 29.4 Å². The molecule has 1 amide bonds. The van der Waals surface area contributed by atoms with E-state index in [2.05, 4.69) is 16.6 Å². The third-order valence-electron chi connectivity index (χ3n) is 2.46. The van der Waals surface area contributed by atoms with E-state index in [0.717, 1.165) is 6.08 Å². The second kappa shape index (κ2) is 11.4. The average molecular weight is 364 g/mol. The Morgan fingerprint density at radius 3 is 2.29 bits per heavy atom. The van der Waals surface area contributed by atoms with Crippen LogP contribution >= 0.6 is 11.6 Å². The van der Waals surface area contributed by atoms with Gasteiger partial charge in [-0.1, -0.05) is 6.58 Å². The predicted molar refractivity (Wildman–Crippen MR) is 85.2 cm³/mol. The van der Waals surface area contributed by atoms with Crippen molar-refractivity contribution in [2.24, 2.45) is 0 Å². The smallest absolute Gasteiger partial charge is 0.330 e. The third-order valence-corrected chi connectivity index (χ3v) is 3.10. The standard InChI is InChI=1S/C15H22ClNO7/c1-4-12(19)22-7-8-23-13(20)6-5-11(18)17-9-14(21)24-15(2,3)10-16/h4H,1,5-10H2,2-3H3,(H,17,18). The summed E-state index contributed by atoms with van der Waals surface area (Å²) >= 11 is 5.61. The lowest BCUT2D eigenvalue weighted by atomic mass is 10.2. The molecule has 24 heavy (non-hydrogen) atoms. The first-order valence-corrected chi connectivity index (χ1v) is 7.73. The Labute approximate surface area is 145 Å². The summed E-state index contributed by atoms with van der Waals surface area (Å²) in [6.45, 7) is 5.98. The van der Waals surface area contributed by atoms with Crippen LogP contribution in [0.2, 0.25) is 0 Å². The quantitative estimate of drug-likeness (QED) is 0.189. The number of carbonyl (C=O) groups excluding carboxylic acids is 4. The first kappa shape index (κ1) is 21.9. The Morgan fingerprint density at radius 2 is 1.71 bits per heavy atom. The van der Waals surface area contributed by atoms with Gasteiger partial charge in [0.05, 0.1) is 12.3 Å². The third kappa shape index (κ3) is 11.5. The summed E-state index contributed by atoms with van der Waals surface area (Å²) in [5.41, 5.74) is -0.817. The van der Waals surface area contributed by atoms with E-state index in [0.29, 0.717) is 0 Å². The van der Waals surface area contributed by atoms with Crippen LogP contribution in [-0.2, 0) is 33.4 Å². The SMILES string of the molecule is C=CC(=O)OCCOC(=O)CCC(=O)NCC(=O)OC(C)(C)CCl. The Hall–Kier alpha value is -2.09. The van der Waals surface area contributed by atoms with E-state index in [-0.39, 0.29) is 38.5 Å². The Bertz CT molecular complexity index is 476. The first-order valence-electron chi connectivity index (χ1n) is 7.19. The molecule has 0 aromatic carbocycles. The van der Waals surface area contributed by atoms with Crippen molar-refractivity contribution in [3.8, 4) is 0 Å². The maximum absolute atomic E-state index is 11.5. The summed E-state index contributed by atoms with van der Waals surface area (Å²) in [6.07, 6.45) is 0.687. The van der Waals surface area contributed by atoms with Gasteiger partial charge in [0.2, 0.25) is 5.91 Å². The number of esters is 3. The molecule has 0 radical (unpaired) electrons. The maximum atomic E-state index is 11.5. The molecule has 0 heterocycles. The summed E-state index contributed by atoms with van der Waals surface area (Å²) in [5, 5.41) is 2.33. The van der Waals surface area contributed by atoms with Crippen LogP contribution in [0.5, 0.6) is 0 Å². The van der Waals surface area contributed by atoms with Gasteiger partial charge in [0.25, 0.3) is 0 Å². The van der Waals surface area contributed by atoms with Crippen molar-refractivity contribution >= 4 is 35.4 Å². The molecule has 0 rings (SSSR count). The molecule has 1 N–H and O–H groups in total. The highest BCUT2D eigenvalue weighted by atomic mass is 35.5. The fourth-order valence-electron chi connectivity index (χ4n) is 1.28. The van der Waals surface area contributed by atoms with Gasteiger partial charge in [-0.2, -0.15) is 0 Å². The van der Waals surface area contributed by atoms with Gasteiger partial charge in [-0.05, 0) is 13.8 Å². The number of halogens is 1. The monoisotopic (exact) mass is 363 g/mol. The summed E-state index contributed by atoms with van der Waals surface area (Å²) in [6, 6.07) is 0. The highest BCUT2D eigenvalue weighted by Crippen LogP contribution is 2.10. The molecule has 0 aliphatic carbocycles. The van der Waals surface area contributed by atoms with Crippen molar-refractivity contribution in [2.75, 3.05) is 25.6 Å². The van der Waals surface area contributed by atoms with Crippen molar-refractivity contribution in [3.05, 3.63) is 12.7 Å². The molecule has 0 unspecified atom stereocenters. The number of amides is 1. The zero-order valence-corrected chi connectivity index (χ0v) is 14.5. The van der Waals surface area contributed by atoms with Gasteiger partial charge in [-0.15, -0.1) is 11.6 Å². The largest absolute Gasteiger partial charge is 0.462 e. The van der Waals surface area contributed by atoms with Gasteiger partial charge >= 0.3 is 17.9 Å². The van der Waals surface area contributed by atoms with Crippen LogP contribution in [0, 0.1) is 0 Å². The molecule has 8 nitrogen and oxygen atoms in total. The number of carbonyl (C=O) groups is 4. The van der Waals surface area contributed by atoms with Crippen LogP contribution in [0.3, 0.4) is 0 Å². The molecule has 9 heteroatoms. The molecule has 0 fully saturated rings. The van der Waals surface area contributed by atoms with Crippen molar-refractivity contribution < 1.29 is 33.4 Å². The van der Waals surface area contributed by atoms with Gasteiger partial charge in [0, 0.05) is 12.5 Å². The number of hydrogen-bond acceptors (Lipinski definition) is 7. The molecule has 0 aromatic heterocycles. The van der Waals surface area contributed by atoms with E-state index in [9.17, 15) is 19.2 Å². The molecule has 0 saturated heterocycles. The topological polar surface area (TPSA) is 108 Å². The normalized spacial score (nSPS) is 10.5. The van der Waals surface area contributed by atoms with Crippen molar-refractivity contribution in [1.82, 2.24) is 5.32 Å². The van der Waals surface area contributed by atoms with E-state index in [1.165, 1.54) is 0 Å². The lowest BCUT2D eigenvalue weighted by molar-refractivity contribution is -0.154. The zero-order chi connectivity index (χ0) is 18.6. The molecule has 0 saturated carbocycles. The number of rotatable bonds is 11. The maximum Gasteiger partial charge on any atom is 0.330 e. The fourth-order valence-corrected chi connectivity index (χ4v) is 1.33. The zero-order valence-electron chi connectivity index (χ0n) is 13.8. The second-order valence-electron chi connectivity index (χ2n) is 5.24. The van der Waals surface area contributed by atoms with Crippen LogP contribution in [0.4, 0.5) is 0 Å². The van der Waals surface area contributed by atoms with Crippen molar-refractivity contribution in [1.29, 1.82) is 0 Å². The number of ether oxygens (including phenoxy) is 3. The van der Waals surface area contributed by atoms with Gasteiger partial charge < -0.3 is 19.5 Å². The molecule has 136 valence electrons. The van der Waals surface area contributed by atoms with Gasteiger partial charge in [-0.3, -0.25) is 14.4 Å². The van der Waals surface area contributed by atoms with Crippen LogP contribution < -0.4 is 5.32 Å². The highest BCUT2D eigenvalue weighted by molar-refractivity contribution is 6.18. The van der Waals surface area contributed by atoms with Crippen LogP contribution in [0.15, 0.2) is 12.7 Å². The molecule has 0 bridgehead atoms. The second-order valence-corrected chi connectivity index (χ2v) is 5.50. The summed E-state index contributed by atoms with van der Waals surface area (Å²) in [4.78, 5) is 45.1. The van der Waals surface area contributed by atoms with E-state index >= 15 is 0 Å². The van der Waals surface area contributed by atoms with Gasteiger partial charge in [0.1, 0.15) is 25.4 Å².